The second-order valence-corrected chi connectivity index (χ2v) is 6.22. The highest BCUT2D eigenvalue weighted by Crippen LogP contribution is 2.22. The molecule has 1 amide bonds. The van der Waals surface area contributed by atoms with Crippen LogP contribution in [0.1, 0.15) is 63.8 Å². The molecule has 2 aromatic rings. The first-order valence-corrected chi connectivity index (χ1v) is 7.62. The van der Waals surface area contributed by atoms with Crippen LogP contribution in [0.3, 0.4) is 0 Å². The Labute approximate surface area is 131 Å². The second-order valence-electron chi connectivity index (χ2n) is 6.22. The molecular formula is C18H24N2O2. The first-order chi connectivity index (χ1) is 10.3. The number of hydrogen-bond acceptors (Lipinski definition) is 3. The Hall–Kier alpha value is -2.10. The van der Waals surface area contributed by atoms with Gasteiger partial charge >= 0.3 is 0 Å². The third kappa shape index (κ3) is 3.21. The minimum atomic E-state index is -0.123. The summed E-state index contributed by atoms with van der Waals surface area (Å²) in [5, 5.41) is 6.92. The predicted molar refractivity (Wildman–Crippen MR) is 87.2 cm³/mol. The van der Waals surface area contributed by atoms with E-state index in [9.17, 15) is 4.79 Å². The highest BCUT2D eigenvalue weighted by atomic mass is 16.5. The van der Waals surface area contributed by atoms with E-state index in [0.717, 1.165) is 0 Å². The molecule has 0 atom stereocenters. The van der Waals surface area contributed by atoms with Crippen LogP contribution in [0.5, 0.6) is 0 Å². The van der Waals surface area contributed by atoms with Gasteiger partial charge in [0.1, 0.15) is 5.56 Å². The molecule has 1 N–H and O–H groups in total. The van der Waals surface area contributed by atoms with Crippen molar-refractivity contribution in [3.8, 4) is 0 Å². The van der Waals surface area contributed by atoms with Gasteiger partial charge in [-0.2, -0.15) is 0 Å². The summed E-state index contributed by atoms with van der Waals surface area (Å²) in [6.45, 7) is 12.5. The average molecular weight is 300 g/mol. The van der Waals surface area contributed by atoms with Gasteiger partial charge in [0.25, 0.3) is 5.91 Å². The molecule has 4 nitrogen and oxygen atoms in total. The van der Waals surface area contributed by atoms with Gasteiger partial charge in [0, 0.05) is 12.5 Å². The number of benzene rings is 1. The van der Waals surface area contributed by atoms with Crippen LogP contribution >= 0.6 is 0 Å². The quantitative estimate of drug-likeness (QED) is 0.929. The van der Waals surface area contributed by atoms with Crippen molar-refractivity contribution in [3.05, 3.63) is 51.4 Å². The predicted octanol–water partition coefficient (Wildman–Crippen LogP) is 3.96. The number of aryl methyl sites for hydroxylation is 4. The van der Waals surface area contributed by atoms with Gasteiger partial charge in [-0.05, 0) is 44.4 Å². The lowest BCUT2D eigenvalue weighted by molar-refractivity contribution is 0.0948. The fourth-order valence-corrected chi connectivity index (χ4v) is 2.80. The molecule has 0 bridgehead atoms. The number of rotatable bonds is 4. The highest BCUT2D eigenvalue weighted by molar-refractivity contribution is 5.96. The highest BCUT2D eigenvalue weighted by Gasteiger charge is 2.22. The Bertz CT molecular complexity index is 676. The van der Waals surface area contributed by atoms with Crippen molar-refractivity contribution < 1.29 is 9.32 Å². The normalized spacial score (nSPS) is 11.0. The molecule has 1 aromatic heterocycles. The molecule has 0 saturated carbocycles. The van der Waals surface area contributed by atoms with Crippen LogP contribution in [-0.2, 0) is 6.54 Å². The molecule has 0 saturated heterocycles. The number of nitrogens with one attached hydrogen (secondary N) is 1. The number of amides is 1. The Morgan fingerprint density at radius 2 is 1.77 bits per heavy atom. The second kappa shape index (κ2) is 6.34. The molecule has 0 aliphatic carbocycles. The zero-order valence-electron chi connectivity index (χ0n) is 14.2. The van der Waals surface area contributed by atoms with Crippen LogP contribution in [0, 0.1) is 27.7 Å². The summed E-state index contributed by atoms with van der Waals surface area (Å²) in [5.41, 5.74) is 6.00. The van der Waals surface area contributed by atoms with E-state index >= 15 is 0 Å². The number of carbonyl (C=O) groups is 1. The zero-order chi connectivity index (χ0) is 16.4. The van der Waals surface area contributed by atoms with Crippen molar-refractivity contribution in [2.24, 2.45) is 0 Å². The fourth-order valence-electron chi connectivity index (χ4n) is 2.80. The van der Waals surface area contributed by atoms with E-state index in [2.05, 4.69) is 43.4 Å². The first kappa shape index (κ1) is 16.3. The van der Waals surface area contributed by atoms with E-state index in [4.69, 9.17) is 4.52 Å². The standard InChI is InChI=1S/C18H24N2O2/c1-10(2)17-16(14(6)20-22-17)18(21)19-9-15-12(4)7-11(3)8-13(15)5/h7-8,10H,9H2,1-6H3,(H,19,21). The molecule has 0 aliphatic rings. The lowest BCUT2D eigenvalue weighted by Gasteiger charge is -2.13. The topological polar surface area (TPSA) is 55.1 Å². The van der Waals surface area contributed by atoms with Gasteiger partial charge in [-0.25, -0.2) is 0 Å². The smallest absolute Gasteiger partial charge is 0.257 e. The van der Waals surface area contributed by atoms with Gasteiger partial charge in [0.05, 0.1) is 5.69 Å². The molecule has 22 heavy (non-hydrogen) atoms. The SMILES string of the molecule is Cc1cc(C)c(CNC(=O)c2c(C)noc2C(C)C)c(C)c1. The third-order valence-electron chi connectivity index (χ3n) is 3.91. The Kier molecular flexibility index (Phi) is 4.69. The van der Waals surface area contributed by atoms with Crippen LogP contribution in [0.15, 0.2) is 16.7 Å². The summed E-state index contributed by atoms with van der Waals surface area (Å²) in [6, 6.07) is 4.28. The third-order valence-corrected chi connectivity index (χ3v) is 3.91. The summed E-state index contributed by atoms with van der Waals surface area (Å²) >= 11 is 0. The average Bonchev–Trinajstić information content (AvgIpc) is 2.79. The summed E-state index contributed by atoms with van der Waals surface area (Å²) in [7, 11) is 0. The van der Waals surface area contributed by atoms with E-state index in [1.807, 2.05) is 13.8 Å². The van der Waals surface area contributed by atoms with Crippen LogP contribution in [0.4, 0.5) is 0 Å². The Balaban J connectivity index is 2.20. The molecule has 0 aliphatic heterocycles. The van der Waals surface area contributed by atoms with Crippen molar-refractivity contribution in [2.45, 2.75) is 54.0 Å². The summed E-state index contributed by atoms with van der Waals surface area (Å²) < 4.78 is 5.28. The Morgan fingerprint density at radius 3 is 2.32 bits per heavy atom. The molecular weight excluding hydrogens is 276 g/mol. The molecule has 1 aromatic carbocycles. The molecule has 118 valence electrons. The maximum absolute atomic E-state index is 12.5. The zero-order valence-corrected chi connectivity index (χ0v) is 14.2. The lowest BCUT2D eigenvalue weighted by Crippen LogP contribution is -2.25. The number of carbonyl (C=O) groups excluding carboxylic acids is 1. The number of nitrogens with zero attached hydrogens (tertiary/aromatic N) is 1. The minimum Gasteiger partial charge on any atom is -0.360 e. The van der Waals surface area contributed by atoms with Crippen molar-refractivity contribution in [2.75, 3.05) is 0 Å². The number of hydrogen-bond donors (Lipinski definition) is 1. The van der Waals surface area contributed by atoms with Crippen LogP contribution in [-0.4, -0.2) is 11.1 Å². The molecule has 0 fully saturated rings. The van der Waals surface area contributed by atoms with E-state index in [0.29, 0.717) is 23.6 Å². The Morgan fingerprint density at radius 1 is 1.18 bits per heavy atom. The van der Waals surface area contributed by atoms with Crippen molar-refractivity contribution in [1.82, 2.24) is 10.5 Å². The minimum absolute atomic E-state index is 0.123. The van der Waals surface area contributed by atoms with Gasteiger partial charge in [-0.3, -0.25) is 4.79 Å². The maximum Gasteiger partial charge on any atom is 0.257 e. The summed E-state index contributed by atoms with van der Waals surface area (Å²) in [4.78, 5) is 12.5. The van der Waals surface area contributed by atoms with Gasteiger partial charge < -0.3 is 9.84 Å². The van der Waals surface area contributed by atoms with E-state index in [-0.39, 0.29) is 11.8 Å². The maximum atomic E-state index is 12.5. The van der Waals surface area contributed by atoms with Crippen molar-refractivity contribution in [3.63, 3.8) is 0 Å². The van der Waals surface area contributed by atoms with Crippen LogP contribution in [0.2, 0.25) is 0 Å². The molecule has 1 heterocycles. The van der Waals surface area contributed by atoms with E-state index in [1.54, 1.807) is 6.92 Å². The van der Waals surface area contributed by atoms with Gasteiger partial charge in [-0.15, -0.1) is 0 Å². The summed E-state index contributed by atoms with van der Waals surface area (Å²) in [6.07, 6.45) is 0. The van der Waals surface area contributed by atoms with Crippen molar-refractivity contribution in [1.29, 1.82) is 0 Å². The van der Waals surface area contributed by atoms with Gasteiger partial charge in [0.2, 0.25) is 0 Å². The number of aromatic nitrogens is 1. The fraction of sp³-hybridized carbons (Fsp3) is 0.444. The lowest BCUT2D eigenvalue weighted by atomic mass is 9.99. The van der Waals surface area contributed by atoms with Crippen LogP contribution < -0.4 is 5.32 Å². The monoisotopic (exact) mass is 300 g/mol. The van der Waals surface area contributed by atoms with Crippen molar-refractivity contribution >= 4 is 5.91 Å². The summed E-state index contributed by atoms with van der Waals surface area (Å²) in [5.74, 6) is 0.652. The van der Waals surface area contributed by atoms with E-state index < -0.39 is 0 Å². The van der Waals surface area contributed by atoms with Gasteiger partial charge in [0.15, 0.2) is 5.76 Å². The first-order valence-electron chi connectivity index (χ1n) is 7.62. The molecule has 0 unspecified atom stereocenters. The molecule has 0 spiro atoms. The van der Waals surface area contributed by atoms with Crippen LogP contribution in [0.25, 0.3) is 0 Å². The molecule has 2 rings (SSSR count). The molecule has 4 heteroatoms. The molecule has 0 radical (unpaired) electrons. The van der Waals surface area contributed by atoms with Gasteiger partial charge in [-0.1, -0.05) is 36.7 Å². The van der Waals surface area contributed by atoms with E-state index in [1.165, 1.54) is 22.3 Å². The largest absolute Gasteiger partial charge is 0.360 e.